The molecule has 3 rings (SSSR count). The molecular weight excluding hydrogens is 304 g/mol. The predicted octanol–water partition coefficient (Wildman–Crippen LogP) is 2.74. The van der Waals surface area contributed by atoms with Gasteiger partial charge in [0.05, 0.1) is 0 Å². The number of aromatic nitrogens is 1. The fourth-order valence-corrected chi connectivity index (χ4v) is 2.87. The molecule has 1 atom stereocenters. The first-order valence-corrected chi connectivity index (χ1v) is 7.97. The van der Waals surface area contributed by atoms with Crippen molar-refractivity contribution in [3.63, 3.8) is 0 Å². The third kappa shape index (κ3) is 3.37. The smallest absolute Gasteiger partial charge is 0.316 e. The van der Waals surface area contributed by atoms with Gasteiger partial charge in [-0.05, 0) is 37.1 Å². The Kier molecular flexibility index (Phi) is 4.74. The van der Waals surface area contributed by atoms with Gasteiger partial charge < -0.3 is 15.1 Å². The molecule has 24 heavy (non-hydrogen) atoms. The molecule has 124 valence electrons. The molecule has 6 nitrogen and oxygen atoms in total. The van der Waals surface area contributed by atoms with Gasteiger partial charge in [0.1, 0.15) is 6.04 Å². The van der Waals surface area contributed by atoms with Crippen LogP contribution in [-0.4, -0.2) is 41.5 Å². The molecule has 1 aromatic heterocycles. The predicted molar refractivity (Wildman–Crippen MR) is 92.8 cm³/mol. The number of benzene rings is 1. The second-order valence-corrected chi connectivity index (χ2v) is 5.76. The van der Waals surface area contributed by atoms with E-state index in [1.165, 1.54) is 4.90 Å². The zero-order valence-corrected chi connectivity index (χ0v) is 13.6. The van der Waals surface area contributed by atoms with E-state index in [0.717, 1.165) is 12.1 Å². The topological polar surface area (TPSA) is 65.5 Å². The van der Waals surface area contributed by atoms with Crippen molar-refractivity contribution in [1.82, 2.24) is 9.88 Å². The summed E-state index contributed by atoms with van der Waals surface area (Å²) in [5.41, 5.74) is 1.53. The van der Waals surface area contributed by atoms with Crippen LogP contribution >= 0.6 is 0 Å². The van der Waals surface area contributed by atoms with Crippen molar-refractivity contribution >= 4 is 23.3 Å². The van der Waals surface area contributed by atoms with E-state index in [1.807, 2.05) is 30.3 Å². The maximum absolute atomic E-state index is 12.8. The number of rotatable bonds is 3. The van der Waals surface area contributed by atoms with Crippen molar-refractivity contribution in [2.45, 2.75) is 18.9 Å². The van der Waals surface area contributed by atoms with Gasteiger partial charge in [-0.2, -0.15) is 0 Å². The van der Waals surface area contributed by atoms with Gasteiger partial charge in [-0.1, -0.05) is 18.2 Å². The van der Waals surface area contributed by atoms with Crippen LogP contribution in [0.1, 0.15) is 12.8 Å². The van der Waals surface area contributed by atoms with Crippen LogP contribution in [0.25, 0.3) is 0 Å². The number of carbonyl (C=O) groups is 2. The van der Waals surface area contributed by atoms with E-state index in [0.29, 0.717) is 18.7 Å². The lowest BCUT2D eigenvalue weighted by Crippen LogP contribution is -2.53. The Bertz CT molecular complexity index is 705. The first-order chi connectivity index (χ1) is 11.7. The molecule has 1 aromatic carbocycles. The Balaban J connectivity index is 1.71. The minimum absolute atomic E-state index is 0.0418. The van der Waals surface area contributed by atoms with Crippen molar-refractivity contribution in [2.75, 3.05) is 23.8 Å². The average molecular weight is 324 g/mol. The number of anilines is 2. The van der Waals surface area contributed by atoms with Crippen LogP contribution in [0.5, 0.6) is 0 Å². The summed E-state index contributed by atoms with van der Waals surface area (Å²) in [5.74, 6) is -0.0418. The first-order valence-electron chi connectivity index (χ1n) is 7.97. The Morgan fingerprint density at radius 3 is 2.62 bits per heavy atom. The van der Waals surface area contributed by atoms with Crippen LogP contribution in [-0.2, 0) is 4.79 Å². The molecule has 0 unspecified atom stereocenters. The molecule has 2 heterocycles. The molecule has 0 spiro atoms. The summed E-state index contributed by atoms with van der Waals surface area (Å²) in [6.45, 7) is 0.680. The normalized spacial score (nSPS) is 17.5. The van der Waals surface area contributed by atoms with Gasteiger partial charge in [0.15, 0.2) is 0 Å². The Morgan fingerprint density at radius 2 is 1.92 bits per heavy atom. The van der Waals surface area contributed by atoms with Gasteiger partial charge in [-0.15, -0.1) is 0 Å². The summed E-state index contributed by atoms with van der Waals surface area (Å²) in [7, 11) is 1.66. The molecule has 0 radical (unpaired) electrons. The number of urea groups is 1. The molecule has 6 heteroatoms. The van der Waals surface area contributed by atoms with Gasteiger partial charge in [0.25, 0.3) is 0 Å². The highest BCUT2D eigenvalue weighted by Crippen LogP contribution is 2.23. The summed E-state index contributed by atoms with van der Waals surface area (Å²) in [6.07, 6.45) is 4.75. The minimum Gasteiger partial charge on any atom is -0.316 e. The van der Waals surface area contributed by atoms with Crippen molar-refractivity contribution in [3.8, 4) is 0 Å². The fraction of sp³-hybridized carbons (Fsp3) is 0.278. The zero-order chi connectivity index (χ0) is 16.9. The van der Waals surface area contributed by atoms with Crippen LogP contribution in [0.15, 0.2) is 54.9 Å². The van der Waals surface area contributed by atoms with E-state index in [1.54, 1.807) is 36.5 Å². The molecule has 0 aliphatic carbocycles. The highest BCUT2D eigenvalue weighted by Gasteiger charge is 2.34. The zero-order valence-electron chi connectivity index (χ0n) is 13.6. The van der Waals surface area contributed by atoms with E-state index >= 15 is 0 Å². The van der Waals surface area contributed by atoms with E-state index in [9.17, 15) is 9.59 Å². The van der Waals surface area contributed by atoms with Crippen molar-refractivity contribution in [3.05, 3.63) is 54.9 Å². The summed E-state index contributed by atoms with van der Waals surface area (Å²) < 4.78 is 0. The summed E-state index contributed by atoms with van der Waals surface area (Å²) in [6, 6.07) is 12.2. The number of carbonyl (C=O) groups excluding carboxylic acids is 2. The van der Waals surface area contributed by atoms with E-state index in [-0.39, 0.29) is 11.9 Å². The van der Waals surface area contributed by atoms with Crippen molar-refractivity contribution in [2.24, 2.45) is 0 Å². The fourth-order valence-electron chi connectivity index (χ4n) is 2.87. The largest absolute Gasteiger partial charge is 0.322 e. The van der Waals surface area contributed by atoms with Crippen LogP contribution < -0.4 is 10.2 Å². The highest BCUT2D eigenvalue weighted by atomic mass is 16.2. The Hall–Kier alpha value is -2.89. The van der Waals surface area contributed by atoms with Gasteiger partial charge in [-0.25, -0.2) is 4.79 Å². The van der Waals surface area contributed by atoms with Crippen LogP contribution in [0, 0.1) is 0 Å². The molecular formula is C18H20N4O2. The standard InChI is InChI=1S/C18H20N4O2/c1-21(18(24)20-14-9-11-19-12-10-14)16-8-5-13-22(17(16)23)15-6-3-2-4-7-15/h2-4,6-7,9-12,16H,5,8,13H2,1H3,(H,19,20,24)/t16-/m0/s1. The third-order valence-electron chi connectivity index (χ3n) is 4.20. The Morgan fingerprint density at radius 1 is 1.21 bits per heavy atom. The molecule has 0 bridgehead atoms. The van der Waals surface area contributed by atoms with E-state index in [2.05, 4.69) is 10.3 Å². The van der Waals surface area contributed by atoms with Gasteiger partial charge in [0, 0.05) is 37.4 Å². The molecule has 0 saturated carbocycles. The third-order valence-corrected chi connectivity index (χ3v) is 4.20. The molecule has 1 aliphatic rings. The SMILES string of the molecule is CN(C(=O)Nc1ccncc1)[C@H]1CCCN(c2ccccc2)C1=O. The maximum Gasteiger partial charge on any atom is 0.322 e. The van der Waals surface area contributed by atoms with Gasteiger partial charge in [-0.3, -0.25) is 9.78 Å². The number of piperidine rings is 1. The molecule has 3 amide bonds. The summed E-state index contributed by atoms with van der Waals surface area (Å²) in [4.78, 5) is 32.4. The molecule has 1 saturated heterocycles. The quantitative estimate of drug-likeness (QED) is 0.944. The second kappa shape index (κ2) is 7.12. The van der Waals surface area contributed by atoms with Crippen molar-refractivity contribution in [1.29, 1.82) is 0 Å². The second-order valence-electron chi connectivity index (χ2n) is 5.76. The first kappa shape index (κ1) is 16.0. The van der Waals surface area contributed by atoms with Gasteiger partial charge >= 0.3 is 6.03 Å². The number of nitrogens with one attached hydrogen (secondary N) is 1. The lowest BCUT2D eigenvalue weighted by Gasteiger charge is -2.36. The Labute approximate surface area is 141 Å². The number of hydrogen-bond donors (Lipinski definition) is 1. The van der Waals surface area contributed by atoms with Crippen LogP contribution in [0.4, 0.5) is 16.2 Å². The van der Waals surface area contributed by atoms with E-state index in [4.69, 9.17) is 0 Å². The average Bonchev–Trinajstić information content (AvgIpc) is 2.63. The van der Waals surface area contributed by atoms with E-state index < -0.39 is 6.04 Å². The van der Waals surface area contributed by atoms with Crippen LogP contribution in [0.2, 0.25) is 0 Å². The number of para-hydroxylation sites is 1. The molecule has 1 aliphatic heterocycles. The number of pyridine rings is 1. The van der Waals surface area contributed by atoms with Crippen LogP contribution in [0.3, 0.4) is 0 Å². The number of amides is 3. The summed E-state index contributed by atoms with van der Waals surface area (Å²) in [5, 5.41) is 2.79. The lowest BCUT2D eigenvalue weighted by molar-refractivity contribution is -0.123. The molecule has 1 N–H and O–H groups in total. The summed E-state index contributed by atoms with van der Waals surface area (Å²) >= 11 is 0. The number of nitrogens with zero attached hydrogens (tertiary/aromatic N) is 3. The minimum atomic E-state index is -0.458. The van der Waals surface area contributed by atoms with Crippen molar-refractivity contribution < 1.29 is 9.59 Å². The molecule has 1 fully saturated rings. The number of hydrogen-bond acceptors (Lipinski definition) is 3. The lowest BCUT2D eigenvalue weighted by atomic mass is 10.0. The monoisotopic (exact) mass is 324 g/mol. The highest BCUT2D eigenvalue weighted by molar-refractivity contribution is 6.01. The van der Waals surface area contributed by atoms with Gasteiger partial charge in [0.2, 0.25) is 5.91 Å². The maximum atomic E-state index is 12.8. The number of likely N-dealkylation sites (N-methyl/N-ethyl adjacent to an activating group) is 1. The molecule has 2 aromatic rings.